The van der Waals surface area contributed by atoms with Gasteiger partial charge in [-0.15, -0.1) is 0 Å². The first kappa shape index (κ1) is 15.2. The number of aryl methyl sites for hydroxylation is 1. The van der Waals surface area contributed by atoms with Crippen molar-refractivity contribution >= 4 is 5.78 Å². The van der Waals surface area contributed by atoms with E-state index in [-0.39, 0.29) is 5.78 Å². The van der Waals surface area contributed by atoms with E-state index in [1.165, 1.54) is 6.42 Å². The van der Waals surface area contributed by atoms with Crippen molar-refractivity contribution in [2.45, 2.75) is 65.0 Å². The topological polar surface area (TPSA) is 44.1 Å². The molecule has 0 bridgehead atoms. The fraction of sp³-hybridized carbons (Fsp3) is 0.750. The number of hydrogen-bond donors (Lipinski definition) is 0. The second kappa shape index (κ2) is 6.53. The molecular formula is C16H26N2O2. The third-order valence-corrected chi connectivity index (χ3v) is 4.26. The molecule has 2 atom stereocenters. The van der Waals surface area contributed by atoms with Crippen LogP contribution in [0.25, 0.3) is 0 Å². The molecule has 1 aromatic heterocycles. The van der Waals surface area contributed by atoms with Crippen molar-refractivity contribution in [1.29, 1.82) is 0 Å². The number of aromatic nitrogens is 2. The maximum atomic E-state index is 12.8. The van der Waals surface area contributed by atoms with Gasteiger partial charge in [-0.25, -0.2) is 0 Å². The van der Waals surface area contributed by atoms with E-state index in [0.29, 0.717) is 18.9 Å². The minimum atomic E-state index is -0.555. The molecule has 0 saturated heterocycles. The van der Waals surface area contributed by atoms with Crippen molar-refractivity contribution in [1.82, 2.24) is 9.78 Å². The Kier molecular flexibility index (Phi) is 4.97. The maximum absolute atomic E-state index is 12.8. The van der Waals surface area contributed by atoms with Crippen LogP contribution in [-0.2, 0) is 22.5 Å². The first-order valence-electron chi connectivity index (χ1n) is 7.78. The highest BCUT2D eigenvalue weighted by Gasteiger charge is 2.41. The highest BCUT2D eigenvalue weighted by Crippen LogP contribution is 2.36. The van der Waals surface area contributed by atoms with E-state index in [0.717, 1.165) is 31.4 Å². The molecule has 1 aliphatic rings. The summed E-state index contributed by atoms with van der Waals surface area (Å²) in [4.78, 5) is 12.8. The second-order valence-corrected chi connectivity index (χ2v) is 5.93. The summed E-state index contributed by atoms with van der Waals surface area (Å²) >= 11 is 0. The van der Waals surface area contributed by atoms with Gasteiger partial charge in [-0.3, -0.25) is 9.48 Å². The summed E-state index contributed by atoms with van der Waals surface area (Å²) in [5.41, 5.74) is 0.440. The van der Waals surface area contributed by atoms with Crippen LogP contribution in [0.15, 0.2) is 12.4 Å². The molecule has 0 N–H and O–H groups in total. The van der Waals surface area contributed by atoms with Gasteiger partial charge in [0.15, 0.2) is 5.78 Å². The van der Waals surface area contributed by atoms with Crippen LogP contribution in [0.4, 0.5) is 0 Å². The number of carbonyl (C=O) groups excluding carboxylic acids is 1. The number of rotatable bonds is 6. The fourth-order valence-electron chi connectivity index (χ4n) is 3.26. The van der Waals surface area contributed by atoms with Crippen LogP contribution < -0.4 is 0 Å². The van der Waals surface area contributed by atoms with Gasteiger partial charge in [0.2, 0.25) is 0 Å². The van der Waals surface area contributed by atoms with Crippen LogP contribution in [0.1, 0.15) is 52.0 Å². The van der Waals surface area contributed by atoms with Crippen LogP contribution in [0.5, 0.6) is 0 Å². The zero-order chi connectivity index (χ0) is 14.6. The minimum Gasteiger partial charge on any atom is -0.367 e. The van der Waals surface area contributed by atoms with E-state index in [9.17, 15) is 4.79 Å². The van der Waals surface area contributed by atoms with Crippen LogP contribution in [0, 0.1) is 5.92 Å². The van der Waals surface area contributed by atoms with Crippen molar-refractivity contribution in [2.75, 3.05) is 6.61 Å². The first-order valence-corrected chi connectivity index (χ1v) is 7.78. The largest absolute Gasteiger partial charge is 0.367 e. The lowest BCUT2D eigenvalue weighted by molar-refractivity contribution is -0.150. The number of hydrogen-bond acceptors (Lipinski definition) is 3. The summed E-state index contributed by atoms with van der Waals surface area (Å²) < 4.78 is 7.79. The highest BCUT2D eigenvalue weighted by molar-refractivity contribution is 5.89. The van der Waals surface area contributed by atoms with Gasteiger partial charge in [0.25, 0.3) is 0 Å². The average Bonchev–Trinajstić information content (AvgIpc) is 2.86. The Bertz CT molecular complexity index is 451. The van der Waals surface area contributed by atoms with Crippen molar-refractivity contribution in [3.05, 3.63) is 18.0 Å². The first-order chi connectivity index (χ1) is 9.59. The molecule has 20 heavy (non-hydrogen) atoms. The van der Waals surface area contributed by atoms with E-state index in [1.54, 1.807) is 6.20 Å². The fourth-order valence-corrected chi connectivity index (χ4v) is 3.26. The van der Waals surface area contributed by atoms with Gasteiger partial charge in [0.1, 0.15) is 5.60 Å². The van der Waals surface area contributed by atoms with Crippen LogP contribution >= 0.6 is 0 Å². The predicted octanol–water partition coefficient (Wildman–Crippen LogP) is 3.00. The van der Waals surface area contributed by atoms with E-state index in [4.69, 9.17) is 4.74 Å². The molecule has 1 aromatic rings. The Morgan fingerprint density at radius 3 is 2.95 bits per heavy atom. The van der Waals surface area contributed by atoms with Gasteiger partial charge in [-0.2, -0.15) is 5.10 Å². The van der Waals surface area contributed by atoms with Crippen molar-refractivity contribution in [3.63, 3.8) is 0 Å². The van der Waals surface area contributed by atoms with E-state index in [1.807, 2.05) is 24.7 Å². The molecule has 2 rings (SSSR count). The normalized spacial score (nSPS) is 26.6. The molecule has 1 heterocycles. The van der Waals surface area contributed by atoms with Gasteiger partial charge in [-0.05, 0) is 44.6 Å². The van der Waals surface area contributed by atoms with Crippen molar-refractivity contribution in [3.8, 4) is 0 Å². The van der Waals surface area contributed by atoms with Gasteiger partial charge >= 0.3 is 0 Å². The molecule has 1 saturated carbocycles. The maximum Gasteiger partial charge on any atom is 0.169 e. The Balaban J connectivity index is 2.10. The monoisotopic (exact) mass is 278 g/mol. The number of Topliss-reactive ketones (excluding diaryl/α,β-unsaturated/α-hetero) is 1. The molecule has 1 aliphatic carbocycles. The van der Waals surface area contributed by atoms with E-state index >= 15 is 0 Å². The van der Waals surface area contributed by atoms with Gasteiger partial charge in [0.05, 0.1) is 6.20 Å². The van der Waals surface area contributed by atoms with Crippen molar-refractivity contribution in [2.24, 2.45) is 5.92 Å². The zero-order valence-corrected chi connectivity index (χ0v) is 12.9. The Labute approximate surface area is 121 Å². The van der Waals surface area contributed by atoms with E-state index < -0.39 is 5.60 Å². The Morgan fingerprint density at radius 1 is 1.55 bits per heavy atom. The van der Waals surface area contributed by atoms with E-state index in [2.05, 4.69) is 12.0 Å². The predicted molar refractivity (Wildman–Crippen MR) is 78.6 cm³/mol. The summed E-state index contributed by atoms with van der Waals surface area (Å²) in [6.45, 7) is 7.68. The lowest BCUT2D eigenvalue weighted by Crippen LogP contribution is -2.46. The summed E-state index contributed by atoms with van der Waals surface area (Å²) in [5.74, 6) is 0.791. The highest BCUT2D eigenvalue weighted by atomic mass is 16.5. The molecule has 2 unspecified atom stereocenters. The lowest BCUT2D eigenvalue weighted by Gasteiger charge is -2.38. The number of ketones is 1. The summed E-state index contributed by atoms with van der Waals surface area (Å²) in [6, 6.07) is 0. The standard InChI is InChI=1S/C16H26N2O2/c1-4-18-12-14(11-17-18)9-15(19)16(20-5-2)8-6-7-13(3)10-16/h11-13H,4-10H2,1-3H3. The minimum absolute atomic E-state index is 0.224. The summed E-state index contributed by atoms with van der Waals surface area (Å²) in [6.07, 6.45) is 8.22. The number of ether oxygens (including phenoxy) is 1. The van der Waals surface area contributed by atoms with Crippen LogP contribution in [0.2, 0.25) is 0 Å². The average molecular weight is 278 g/mol. The smallest absolute Gasteiger partial charge is 0.169 e. The van der Waals surface area contributed by atoms with Gasteiger partial charge in [0, 0.05) is 25.8 Å². The van der Waals surface area contributed by atoms with Crippen LogP contribution in [-0.4, -0.2) is 27.8 Å². The zero-order valence-electron chi connectivity index (χ0n) is 12.9. The Hall–Kier alpha value is -1.16. The van der Waals surface area contributed by atoms with Crippen molar-refractivity contribution < 1.29 is 9.53 Å². The molecule has 1 fully saturated rings. The molecule has 0 aromatic carbocycles. The molecule has 4 heteroatoms. The molecule has 0 aliphatic heterocycles. The quantitative estimate of drug-likeness (QED) is 0.803. The summed E-state index contributed by atoms with van der Waals surface area (Å²) in [5, 5.41) is 4.24. The second-order valence-electron chi connectivity index (χ2n) is 5.93. The molecule has 0 radical (unpaired) electrons. The molecule has 4 nitrogen and oxygen atoms in total. The summed E-state index contributed by atoms with van der Waals surface area (Å²) in [7, 11) is 0. The third kappa shape index (κ3) is 3.29. The number of nitrogens with zero attached hydrogens (tertiary/aromatic N) is 2. The molecule has 0 amide bonds. The molecular weight excluding hydrogens is 252 g/mol. The molecule has 0 spiro atoms. The molecule has 112 valence electrons. The Morgan fingerprint density at radius 2 is 2.35 bits per heavy atom. The van der Waals surface area contributed by atoms with Crippen LogP contribution in [0.3, 0.4) is 0 Å². The third-order valence-electron chi connectivity index (χ3n) is 4.26. The number of carbonyl (C=O) groups is 1. The SMILES string of the molecule is CCOC1(C(=O)Cc2cnn(CC)c2)CCCC(C)C1. The lowest BCUT2D eigenvalue weighted by atomic mass is 9.75. The van der Waals surface area contributed by atoms with Gasteiger partial charge in [-0.1, -0.05) is 13.3 Å². The van der Waals surface area contributed by atoms with Gasteiger partial charge < -0.3 is 4.74 Å².